The number of benzene rings is 1. The molecule has 0 saturated carbocycles. The second-order valence-electron chi connectivity index (χ2n) is 6.55. The first kappa shape index (κ1) is 19.7. The number of ether oxygens (including phenoxy) is 1. The van der Waals surface area contributed by atoms with Gasteiger partial charge in [0.1, 0.15) is 5.82 Å². The van der Waals surface area contributed by atoms with Gasteiger partial charge in [-0.1, -0.05) is 13.3 Å². The molecular formula is C20H23FN4O3. The van der Waals surface area contributed by atoms with Crippen molar-refractivity contribution in [2.24, 2.45) is 0 Å². The number of anilines is 1. The zero-order valence-corrected chi connectivity index (χ0v) is 15.8. The van der Waals surface area contributed by atoms with Crippen molar-refractivity contribution >= 4 is 17.8 Å². The molecular weight excluding hydrogens is 363 g/mol. The SMILES string of the molecule is CCCCOC(=O)N1CCN(c2ncc(C(=O)c3ccc(F)cc3)cn2)CC1. The average Bonchev–Trinajstić information content (AvgIpc) is 2.74. The van der Waals surface area contributed by atoms with Crippen LogP contribution in [0.15, 0.2) is 36.7 Å². The maximum atomic E-state index is 13.0. The molecule has 8 heteroatoms. The smallest absolute Gasteiger partial charge is 0.409 e. The number of unbranched alkanes of at least 4 members (excludes halogenated alkanes) is 1. The largest absolute Gasteiger partial charge is 0.449 e. The Morgan fingerprint density at radius 3 is 2.29 bits per heavy atom. The minimum Gasteiger partial charge on any atom is -0.449 e. The molecule has 2 heterocycles. The van der Waals surface area contributed by atoms with E-state index in [4.69, 9.17) is 4.74 Å². The average molecular weight is 386 g/mol. The number of hydrogen-bond acceptors (Lipinski definition) is 6. The number of halogens is 1. The van der Waals surface area contributed by atoms with E-state index in [-0.39, 0.29) is 11.9 Å². The van der Waals surface area contributed by atoms with Crippen LogP contribution in [0.1, 0.15) is 35.7 Å². The van der Waals surface area contributed by atoms with Gasteiger partial charge in [0.05, 0.1) is 12.2 Å². The number of ketones is 1. The fourth-order valence-electron chi connectivity index (χ4n) is 2.85. The lowest BCUT2D eigenvalue weighted by molar-refractivity contribution is 0.0986. The van der Waals surface area contributed by atoms with Crippen LogP contribution in [0.25, 0.3) is 0 Å². The molecule has 3 rings (SSSR count). The quantitative estimate of drug-likeness (QED) is 0.561. The van der Waals surface area contributed by atoms with Crippen molar-refractivity contribution in [3.8, 4) is 0 Å². The van der Waals surface area contributed by atoms with Gasteiger partial charge in [0.15, 0.2) is 5.78 Å². The Morgan fingerprint density at radius 2 is 1.68 bits per heavy atom. The number of amides is 1. The van der Waals surface area contributed by atoms with Gasteiger partial charge in [-0.05, 0) is 30.7 Å². The number of piperazine rings is 1. The highest BCUT2D eigenvalue weighted by molar-refractivity contribution is 6.08. The zero-order chi connectivity index (χ0) is 19.9. The van der Waals surface area contributed by atoms with Crippen LogP contribution in [0.2, 0.25) is 0 Å². The first-order valence-corrected chi connectivity index (χ1v) is 9.37. The van der Waals surface area contributed by atoms with Crippen LogP contribution in [0, 0.1) is 5.82 Å². The number of aromatic nitrogens is 2. The van der Waals surface area contributed by atoms with Crippen LogP contribution in [0.3, 0.4) is 0 Å². The Morgan fingerprint density at radius 1 is 1.04 bits per heavy atom. The molecule has 0 unspecified atom stereocenters. The van der Waals surface area contributed by atoms with Gasteiger partial charge in [-0.25, -0.2) is 19.2 Å². The maximum Gasteiger partial charge on any atom is 0.409 e. The van der Waals surface area contributed by atoms with Gasteiger partial charge in [0.25, 0.3) is 0 Å². The van der Waals surface area contributed by atoms with Crippen LogP contribution >= 0.6 is 0 Å². The lowest BCUT2D eigenvalue weighted by Gasteiger charge is -2.34. The van der Waals surface area contributed by atoms with E-state index in [1.807, 2.05) is 11.8 Å². The molecule has 0 atom stereocenters. The lowest BCUT2D eigenvalue weighted by atomic mass is 10.1. The van der Waals surface area contributed by atoms with E-state index in [0.29, 0.717) is 49.9 Å². The second-order valence-corrected chi connectivity index (χ2v) is 6.55. The summed E-state index contributed by atoms with van der Waals surface area (Å²) in [4.78, 5) is 36.6. The molecule has 28 heavy (non-hydrogen) atoms. The number of nitrogens with zero attached hydrogens (tertiary/aromatic N) is 4. The molecule has 0 bridgehead atoms. The molecule has 1 amide bonds. The fourth-order valence-corrected chi connectivity index (χ4v) is 2.85. The normalized spacial score (nSPS) is 14.1. The highest BCUT2D eigenvalue weighted by Gasteiger charge is 2.23. The van der Waals surface area contributed by atoms with Crippen molar-refractivity contribution in [2.75, 3.05) is 37.7 Å². The monoisotopic (exact) mass is 386 g/mol. The molecule has 1 aromatic heterocycles. The summed E-state index contributed by atoms with van der Waals surface area (Å²) >= 11 is 0. The molecule has 0 N–H and O–H groups in total. The third-order valence-electron chi connectivity index (χ3n) is 4.55. The van der Waals surface area contributed by atoms with Gasteiger partial charge < -0.3 is 14.5 Å². The molecule has 0 spiro atoms. The fraction of sp³-hybridized carbons (Fsp3) is 0.400. The first-order chi connectivity index (χ1) is 13.6. The zero-order valence-electron chi connectivity index (χ0n) is 15.8. The lowest BCUT2D eigenvalue weighted by Crippen LogP contribution is -2.49. The Bertz CT molecular complexity index is 803. The summed E-state index contributed by atoms with van der Waals surface area (Å²) in [5.41, 5.74) is 0.724. The molecule has 2 aromatic rings. The minimum absolute atomic E-state index is 0.258. The van der Waals surface area contributed by atoms with Gasteiger partial charge in [0.2, 0.25) is 5.95 Å². The maximum absolute atomic E-state index is 13.0. The van der Waals surface area contributed by atoms with Gasteiger partial charge >= 0.3 is 6.09 Å². The van der Waals surface area contributed by atoms with E-state index < -0.39 is 5.82 Å². The van der Waals surface area contributed by atoms with Crippen LogP contribution in [-0.4, -0.2) is 59.5 Å². The van der Waals surface area contributed by atoms with E-state index in [1.165, 1.54) is 36.7 Å². The van der Waals surface area contributed by atoms with E-state index in [9.17, 15) is 14.0 Å². The summed E-state index contributed by atoms with van der Waals surface area (Å²) in [5, 5.41) is 0. The van der Waals surface area contributed by atoms with Gasteiger partial charge in [-0.3, -0.25) is 4.79 Å². The van der Waals surface area contributed by atoms with Gasteiger partial charge in [-0.2, -0.15) is 0 Å². The first-order valence-electron chi connectivity index (χ1n) is 9.37. The molecule has 1 fully saturated rings. The molecule has 7 nitrogen and oxygen atoms in total. The van der Waals surface area contributed by atoms with Crippen molar-refractivity contribution in [3.63, 3.8) is 0 Å². The topological polar surface area (TPSA) is 75.6 Å². The van der Waals surface area contributed by atoms with Crippen LogP contribution < -0.4 is 4.90 Å². The highest BCUT2D eigenvalue weighted by Crippen LogP contribution is 2.14. The van der Waals surface area contributed by atoms with Crippen molar-refractivity contribution < 1.29 is 18.7 Å². The molecule has 1 aromatic carbocycles. The number of hydrogen-bond donors (Lipinski definition) is 0. The van der Waals surface area contributed by atoms with Crippen LogP contribution in [0.5, 0.6) is 0 Å². The Hall–Kier alpha value is -3.03. The number of carbonyl (C=O) groups is 2. The number of rotatable bonds is 6. The predicted molar refractivity (Wildman–Crippen MR) is 102 cm³/mol. The van der Waals surface area contributed by atoms with Gasteiger partial charge in [-0.15, -0.1) is 0 Å². The Kier molecular flexibility index (Phi) is 6.52. The van der Waals surface area contributed by atoms with E-state index in [1.54, 1.807) is 4.90 Å². The molecule has 148 valence electrons. The molecule has 0 aliphatic carbocycles. The minimum atomic E-state index is -0.392. The van der Waals surface area contributed by atoms with E-state index >= 15 is 0 Å². The van der Waals surface area contributed by atoms with Crippen molar-refractivity contribution in [3.05, 3.63) is 53.6 Å². The van der Waals surface area contributed by atoms with E-state index in [2.05, 4.69) is 9.97 Å². The Labute approximate surface area is 163 Å². The third kappa shape index (κ3) is 4.82. The summed E-state index contributed by atoms with van der Waals surface area (Å²) < 4.78 is 18.2. The summed E-state index contributed by atoms with van der Waals surface area (Å²) in [6.07, 6.45) is 4.51. The predicted octanol–water partition coefficient (Wildman–Crippen LogP) is 2.91. The summed E-state index contributed by atoms with van der Waals surface area (Å²) in [7, 11) is 0. The summed E-state index contributed by atoms with van der Waals surface area (Å²) in [5.74, 6) is -0.141. The van der Waals surface area contributed by atoms with Crippen LogP contribution in [-0.2, 0) is 4.74 Å². The summed E-state index contributed by atoms with van der Waals surface area (Å²) in [6, 6.07) is 5.36. The van der Waals surface area contributed by atoms with Crippen molar-refractivity contribution in [1.82, 2.24) is 14.9 Å². The van der Waals surface area contributed by atoms with E-state index in [0.717, 1.165) is 12.8 Å². The molecule has 0 radical (unpaired) electrons. The summed E-state index contributed by atoms with van der Waals surface area (Å²) in [6.45, 7) is 4.74. The second kappa shape index (κ2) is 9.25. The molecule has 1 saturated heterocycles. The standard InChI is InChI=1S/C20H23FN4O3/c1-2-3-12-28-20(27)25-10-8-24(9-11-25)19-22-13-16(14-23-19)18(26)15-4-6-17(21)7-5-15/h4-7,13-14H,2-3,8-12H2,1H3. The molecule has 1 aliphatic rings. The third-order valence-corrected chi connectivity index (χ3v) is 4.55. The molecule has 1 aliphatic heterocycles. The number of carbonyl (C=O) groups excluding carboxylic acids is 2. The van der Waals surface area contributed by atoms with Crippen molar-refractivity contribution in [1.29, 1.82) is 0 Å². The van der Waals surface area contributed by atoms with Crippen LogP contribution in [0.4, 0.5) is 15.1 Å². The highest BCUT2D eigenvalue weighted by atomic mass is 19.1. The van der Waals surface area contributed by atoms with Crippen molar-refractivity contribution in [2.45, 2.75) is 19.8 Å². The Balaban J connectivity index is 1.55. The van der Waals surface area contributed by atoms with Gasteiger partial charge in [0, 0.05) is 44.1 Å².